The molecule has 7 nitrogen and oxygen atoms in total. The summed E-state index contributed by atoms with van der Waals surface area (Å²) in [5.41, 5.74) is 16.4. The van der Waals surface area contributed by atoms with Gasteiger partial charge in [0.15, 0.2) is 5.69 Å². The van der Waals surface area contributed by atoms with E-state index in [9.17, 15) is 4.79 Å². The first-order valence-corrected chi connectivity index (χ1v) is 6.26. The average molecular weight is 308 g/mol. The van der Waals surface area contributed by atoms with Crippen LogP contribution in [0.2, 0.25) is 5.02 Å². The number of rotatable bonds is 3. The highest BCUT2D eigenvalue weighted by Gasteiger charge is 2.17. The first-order chi connectivity index (χ1) is 9.97. The molecule has 1 aromatic heterocycles. The van der Waals surface area contributed by atoms with Crippen molar-refractivity contribution in [2.24, 2.45) is 5.84 Å². The third-order valence-electron chi connectivity index (χ3n) is 2.87. The highest BCUT2D eigenvalue weighted by Crippen LogP contribution is 2.30. The topological polar surface area (TPSA) is 129 Å². The Morgan fingerprint density at radius 2 is 2.00 bits per heavy atom. The molecule has 1 heterocycles. The number of nitrogens with two attached hydrogens (primary N) is 3. The highest BCUT2D eigenvalue weighted by molar-refractivity contribution is 6.35. The number of ether oxygens (including phenoxy) is 1. The van der Waals surface area contributed by atoms with Gasteiger partial charge in [-0.3, -0.25) is 5.84 Å². The Balaban J connectivity index is 2.57. The summed E-state index contributed by atoms with van der Waals surface area (Å²) in [7, 11) is 1.24. The van der Waals surface area contributed by atoms with Gasteiger partial charge < -0.3 is 21.6 Å². The van der Waals surface area contributed by atoms with Crippen LogP contribution in [0.25, 0.3) is 11.3 Å². The molecule has 0 amide bonds. The molecule has 0 aliphatic carbocycles. The fourth-order valence-electron chi connectivity index (χ4n) is 1.78. The second-order valence-electron chi connectivity index (χ2n) is 4.20. The van der Waals surface area contributed by atoms with Crippen LogP contribution in [-0.2, 0) is 4.74 Å². The lowest BCUT2D eigenvalue weighted by Gasteiger charge is -2.10. The molecular formula is C13H14ClN5O2. The van der Waals surface area contributed by atoms with Crippen LogP contribution in [-0.4, -0.2) is 18.1 Å². The van der Waals surface area contributed by atoms with Crippen molar-refractivity contribution in [1.82, 2.24) is 4.98 Å². The summed E-state index contributed by atoms with van der Waals surface area (Å²) < 4.78 is 4.63. The number of nitrogens with one attached hydrogen (secondary N) is 1. The van der Waals surface area contributed by atoms with Gasteiger partial charge in [-0.1, -0.05) is 17.7 Å². The summed E-state index contributed by atoms with van der Waals surface area (Å²) in [4.78, 5) is 15.8. The Kier molecular flexibility index (Phi) is 4.15. The molecule has 1 aromatic carbocycles. The molecule has 0 spiro atoms. The quantitative estimate of drug-likeness (QED) is 0.293. The number of benzene rings is 1. The molecule has 0 saturated carbocycles. The maximum atomic E-state index is 11.7. The number of hydrazine groups is 1. The van der Waals surface area contributed by atoms with Gasteiger partial charge in [-0.2, -0.15) is 0 Å². The summed E-state index contributed by atoms with van der Waals surface area (Å²) in [6, 6.07) is 6.64. The number of methoxy groups -OCH3 is 1. The van der Waals surface area contributed by atoms with Crippen LogP contribution in [0.15, 0.2) is 24.3 Å². The zero-order valence-corrected chi connectivity index (χ0v) is 11.9. The molecule has 8 heteroatoms. The van der Waals surface area contributed by atoms with E-state index in [1.165, 1.54) is 7.11 Å². The van der Waals surface area contributed by atoms with Crippen LogP contribution in [0, 0.1) is 0 Å². The molecule has 0 fully saturated rings. The van der Waals surface area contributed by atoms with Crippen molar-refractivity contribution in [2.75, 3.05) is 24.0 Å². The molecule has 0 aliphatic rings. The molecule has 0 unspecified atom stereocenters. The van der Waals surface area contributed by atoms with Gasteiger partial charge in [0.2, 0.25) is 0 Å². The predicted molar refractivity (Wildman–Crippen MR) is 82.7 cm³/mol. The van der Waals surface area contributed by atoms with Crippen LogP contribution in [0.3, 0.4) is 0 Å². The lowest BCUT2D eigenvalue weighted by atomic mass is 10.1. The molecule has 0 radical (unpaired) electrons. The third kappa shape index (κ3) is 2.83. The second kappa shape index (κ2) is 5.86. The van der Waals surface area contributed by atoms with Gasteiger partial charge in [-0.25, -0.2) is 9.78 Å². The van der Waals surface area contributed by atoms with E-state index >= 15 is 0 Å². The smallest absolute Gasteiger partial charge is 0.358 e. The van der Waals surface area contributed by atoms with E-state index < -0.39 is 5.97 Å². The molecule has 2 rings (SSSR count). The standard InChI is InChI=1S/C13H14ClN5O2/c1-21-13(20)12-11(14)8(16)5-10(18-12)6-2-3-9(19-17)7(15)4-6/h2-5,19H,15,17H2,1H3,(H2,16,18). The number of carbonyl (C=O) groups is 1. The largest absolute Gasteiger partial charge is 0.464 e. The van der Waals surface area contributed by atoms with Crippen molar-refractivity contribution in [2.45, 2.75) is 0 Å². The second-order valence-corrected chi connectivity index (χ2v) is 4.58. The van der Waals surface area contributed by atoms with Crippen molar-refractivity contribution in [3.63, 3.8) is 0 Å². The van der Waals surface area contributed by atoms with E-state index in [-0.39, 0.29) is 16.4 Å². The maximum absolute atomic E-state index is 11.7. The summed E-state index contributed by atoms with van der Waals surface area (Å²) in [5.74, 6) is 4.66. The van der Waals surface area contributed by atoms with E-state index in [1.807, 2.05) is 0 Å². The minimum atomic E-state index is -0.665. The molecule has 0 bridgehead atoms. The van der Waals surface area contributed by atoms with Gasteiger partial charge in [0.1, 0.15) is 0 Å². The Morgan fingerprint density at radius 3 is 2.57 bits per heavy atom. The summed E-state index contributed by atoms with van der Waals surface area (Å²) in [6.45, 7) is 0. The number of hydrogen-bond acceptors (Lipinski definition) is 7. The summed E-state index contributed by atoms with van der Waals surface area (Å²) >= 11 is 5.97. The van der Waals surface area contributed by atoms with Crippen molar-refractivity contribution < 1.29 is 9.53 Å². The lowest BCUT2D eigenvalue weighted by molar-refractivity contribution is 0.0594. The van der Waals surface area contributed by atoms with E-state index in [4.69, 9.17) is 28.9 Å². The van der Waals surface area contributed by atoms with Gasteiger partial charge in [-0.05, 0) is 18.2 Å². The van der Waals surface area contributed by atoms with E-state index in [2.05, 4.69) is 15.1 Å². The van der Waals surface area contributed by atoms with Crippen molar-refractivity contribution in [1.29, 1.82) is 0 Å². The monoisotopic (exact) mass is 307 g/mol. The molecule has 21 heavy (non-hydrogen) atoms. The third-order valence-corrected chi connectivity index (χ3v) is 3.26. The van der Waals surface area contributed by atoms with E-state index in [0.717, 1.165) is 0 Å². The van der Waals surface area contributed by atoms with Crippen LogP contribution < -0.4 is 22.7 Å². The predicted octanol–water partition coefficient (Wildman–Crippen LogP) is 1.64. The molecule has 0 aliphatic heterocycles. The number of pyridine rings is 1. The van der Waals surface area contributed by atoms with E-state index in [0.29, 0.717) is 22.6 Å². The fraction of sp³-hybridized carbons (Fsp3) is 0.0769. The number of nitrogen functional groups attached to an aromatic ring is 3. The number of anilines is 3. The number of hydrogen-bond donors (Lipinski definition) is 4. The minimum Gasteiger partial charge on any atom is -0.464 e. The highest BCUT2D eigenvalue weighted by atomic mass is 35.5. The normalized spacial score (nSPS) is 10.2. The van der Waals surface area contributed by atoms with Gasteiger partial charge in [0.05, 0.1) is 34.9 Å². The van der Waals surface area contributed by atoms with Crippen molar-refractivity contribution in [3.05, 3.63) is 35.0 Å². The first kappa shape index (κ1) is 14.9. The van der Waals surface area contributed by atoms with Crippen LogP contribution >= 0.6 is 11.6 Å². The summed E-state index contributed by atoms with van der Waals surface area (Å²) in [5, 5.41) is 0.0545. The van der Waals surface area contributed by atoms with Crippen LogP contribution in [0.4, 0.5) is 17.1 Å². The molecule has 2 aromatic rings. The molecular weight excluding hydrogens is 294 g/mol. The van der Waals surface area contributed by atoms with Crippen LogP contribution in [0.5, 0.6) is 0 Å². The number of nitrogens with zero attached hydrogens (tertiary/aromatic N) is 1. The van der Waals surface area contributed by atoms with Crippen molar-refractivity contribution >= 4 is 34.6 Å². The Bertz CT molecular complexity index is 705. The number of aromatic nitrogens is 1. The maximum Gasteiger partial charge on any atom is 0.358 e. The Hall–Kier alpha value is -2.51. The average Bonchev–Trinajstić information content (AvgIpc) is 2.49. The van der Waals surface area contributed by atoms with Gasteiger partial charge in [0, 0.05) is 5.56 Å². The Labute approximate surface area is 126 Å². The van der Waals surface area contributed by atoms with E-state index in [1.54, 1.807) is 24.3 Å². The Morgan fingerprint density at radius 1 is 1.29 bits per heavy atom. The molecule has 110 valence electrons. The first-order valence-electron chi connectivity index (χ1n) is 5.88. The number of halogens is 1. The zero-order valence-electron chi connectivity index (χ0n) is 11.2. The number of esters is 1. The fourth-order valence-corrected chi connectivity index (χ4v) is 1.96. The zero-order chi connectivity index (χ0) is 15.6. The van der Waals surface area contributed by atoms with Gasteiger partial charge in [0.25, 0.3) is 0 Å². The molecule has 7 N–H and O–H groups in total. The SMILES string of the molecule is COC(=O)c1nc(-c2ccc(NN)c(N)c2)cc(N)c1Cl. The lowest BCUT2D eigenvalue weighted by Crippen LogP contribution is -2.09. The molecule has 0 saturated heterocycles. The minimum absolute atomic E-state index is 0.0474. The molecule has 0 atom stereocenters. The van der Waals surface area contributed by atoms with Crippen molar-refractivity contribution in [3.8, 4) is 11.3 Å². The van der Waals surface area contributed by atoms with Gasteiger partial charge in [-0.15, -0.1) is 0 Å². The van der Waals surface area contributed by atoms with Crippen LogP contribution in [0.1, 0.15) is 10.5 Å². The summed E-state index contributed by atoms with van der Waals surface area (Å²) in [6.07, 6.45) is 0. The number of carbonyl (C=O) groups excluding carboxylic acids is 1. The van der Waals surface area contributed by atoms with Gasteiger partial charge >= 0.3 is 5.97 Å².